The Kier molecular flexibility index (Phi) is 7.41. The zero-order valence-corrected chi connectivity index (χ0v) is 20.3. The third-order valence-corrected chi connectivity index (χ3v) is 6.07. The molecular formula is C25H24N6O3S. The highest BCUT2D eigenvalue weighted by Crippen LogP contribution is 2.23. The number of methoxy groups -OCH3 is 1. The van der Waals surface area contributed by atoms with Crippen LogP contribution in [0.2, 0.25) is 0 Å². The number of nitrogens with one attached hydrogen (secondary N) is 2. The fraction of sp³-hybridized carbons (Fsp3) is 0.160. The van der Waals surface area contributed by atoms with E-state index in [0.29, 0.717) is 27.8 Å². The summed E-state index contributed by atoms with van der Waals surface area (Å²) in [5, 5.41) is 18.0. The number of benzene rings is 3. The van der Waals surface area contributed by atoms with Crippen LogP contribution >= 0.6 is 11.8 Å². The summed E-state index contributed by atoms with van der Waals surface area (Å²) in [6.45, 7) is 4.00. The summed E-state index contributed by atoms with van der Waals surface area (Å²) in [4.78, 5) is 25.6. The smallest absolute Gasteiger partial charge is 0.257 e. The third-order valence-electron chi connectivity index (χ3n) is 5.15. The molecule has 0 saturated carbocycles. The molecule has 0 radical (unpaired) electrons. The van der Waals surface area contributed by atoms with Crippen LogP contribution < -0.4 is 15.4 Å². The Morgan fingerprint density at radius 3 is 2.51 bits per heavy atom. The van der Waals surface area contributed by atoms with Gasteiger partial charge in [0.1, 0.15) is 5.75 Å². The number of carbonyl (C=O) groups excluding carboxylic acids is 2. The second kappa shape index (κ2) is 10.8. The first-order chi connectivity index (χ1) is 16.9. The second-order valence-electron chi connectivity index (χ2n) is 7.73. The lowest BCUT2D eigenvalue weighted by atomic mass is 10.1. The van der Waals surface area contributed by atoms with E-state index in [1.54, 1.807) is 60.3 Å². The summed E-state index contributed by atoms with van der Waals surface area (Å²) in [7, 11) is 1.58. The molecule has 1 heterocycles. The SMILES string of the molecule is COc1ccc(NC(=O)c2ccccc2NC(=O)CSc2nnnn2-c2ccc(C)cc2C)cc1. The number of nitrogens with zero attached hydrogens (tertiary/aromatic N) is 4. The first kappa shape index (κ1) is 24.0. The molecule has 0 atom stereocenters. The summed E-state index contributed by atoms with van der Waals surface area (Å²) in [6.07, 6.45) is 0. The van der Waals surface area contributed by atoms with Gasteiger partial charge in [-0.05, 0) is 72.3 Å². The summed E-state index contributed by atoms with van der Waals surface area (Å²) in [5.74, 6) is 0.142. The van der Waals surface area contributed by atoms with Crippen LogP contribution in [0.1, 0.15) is 21.5 Å². The number of thioether (sulfide) groups is 1. The van der Waals surface area contributed by atoms with E-state index in [2.05, 4.69) is 26.2 Å². The van der Waals surface area contributed by atoms with E-state index in [0.717, 1.165) is 16.8 Å². The van der Waals surface area contributed by atoms with Gasteiger partial charge in [-0.25, -0.2) is 0 Å². The summed E-state index contributed by atoms with van der Waals surface area (Å²) >= 11 is 1.21. The number of aromatic nitrogens is 4. The summed E-state index contributed by atoms with van der Waals surface area (Å²) in [5.41, 5.74) is 4.40. The minimum atomic E-state index is -0.336. The maximum atomic E-state index is 12.8. The number of rotatable bonds is 8. The molecule has 10 heteroatoms. The largest absolute Gasteiger partial charge is 0.497 e. The minimum Gasteiger partial charge on any atom is -0.497 e. The van der Waals surface area contributed by atoms with E-state index in [4.69, 9.17) is 4.74 Å². The fourth-order valence-electron chi connectivity index (χ4n) is 3.44. The average Bonchev–Trinajstić information content (AvgIpc) is 3.32. The van der Waals surface area contributed by atoms with Crippen molar-refractivity contribution in [1.29, 1.82) is 0 Å². The van der Waals surface area contributed by atoms with E-state index >= 15 is 0 Å². The van der Waals surface area contributed by atoms with Gasteiger partial charge in [0, 0.05) is 5.69 Å². The van der Waals surface area contributed by atoms with Crippen molar-refractivity contribution < 1.29 is 14.3 Å². The maximum absolute atomic E-state index is 12.8. The monoisotopic (exact) mass is 488 g/mol. The standard InChI is InChI=1S/C25H24N6O3S/c1-16-8-13-22(17(2)14-16)31-25(28-29-30-31)35-15-23(32)27-21-7-5-4-6-20(21)24(33)26-18-9-11-19(34-3)12-10-18/h4-14H,15H2,1-3H3,(H,26,33)(H,27,32). The molecule has 0 fully saturated rings. The van der Waals surface area contributed by atoms with Crippen LogP contribution in [0.25, 0.3) is 5.69 Å². The first-order valence-corrected chi connectivity index (χ1v) is 11.8. The molecule has 2 N–H and O–H groups in total. The average molecular weight is 489 g/mol. The van der Waals surface area contributed by atoms with Crippen molar-refractivity contribution in [2.24, 2.45) is 0 Å². The number of amides is 2. The lowest BCUT2D eigenvalue weighted by molar-refractivity contribution is -0.113. The predicted octanol–water partition coefficient (Wildman–Crippen LogP) is 4.27. The molecule has 0 aliphatic carbocycles. The van der Waals surface area contributed by atoms with Crippen molar-refractivity contribution in [3.8, 4) is 11.4 Å². The fourth-order valence-corrected chi connectivity index (χ4v) is 4.13. The van der Waals surface area contributed by atoms with Crippen molar-refractivity contribution in [3.63, 3.8) is 0 Å². The van der Waals surface area contributed by atoms with Gasteiger partial charge in [-0.2, -0.15) is 4.68 Å². The van der Waals surface area contributed by atoms with Crippen LogP contribution in [0.15, 0.2) is 71.9 Å². The van der Waals surface area contributed by atoms with Gasteiger partial charge in [-0.1, -0.05) is 41.6 Å². The summed E-state index contributed by atoms with van der Waals surface area (Å²) in [6, 6.07) is 19.8. The number of aryl methyl sites for hydroxylation is 2. The quantitative estimate of drug-likeness (QED) is 0.356. The number of hydrogen-bond donors (Lipinski definition) is 2. The minimum absolute atomic E-state index is 0.0692. The second-order valence-corrected chi connectivity index (χ2v) is 8.67. The number of tetrazole rings is 1. The predicted molar refractivity (Wildman–Crippen MR) is 135 cm³/mol. The molecule has 3 aromatic carbocycles. The van der Waals surface area contributed by atoms with Gasteiger partial charge >= 0.3 is 0 Å². The molecule has 4 rings (SSSR count). The van der Waals surface area contributed by atoms with Crippen molar-refractivity contribution in [1.82, 2.24) is 20.2 Å². The Hall–Kier alpha value is -4.18. The van der Waals surface area contributed by atoms with Crippen LogP contribution in [0.5, 0.6) is 5.75 Å². The van der Waals surface area contributed by atoms with Crippen molar-refractivity contribution in [3.05, 3.63) is 83.4 Å². The Labute approximate surface area is 206 Å². The van der Waals surface area contributed by atoms with E-state index in [1.807, 2.05) is 32.0 Å². The number of ether oxygens (including phenoxy) is 1. The number of carbonyl (C=O) groups is 2. The van der Waals surface area contributed by atoms with Gasteiger partial charge in [0.2, 0.25) is 11.1 Å². The number of para-hydroxylation sites is 1. The Balaban J connectivity index is 1.41. The van der Waals surface area contributed by atoms with Crippen molar-refractivity contribution in [2.75, 3.05) is 23.5 Å². The first-order valence-electron chi connectivity index (χ1n) is 10.8. The highest BCUT2D eigenvalue weighted by Gasteiger charge is 2.16. The van der Waals surface area contributed by atoms with E-state index in [-0.39, 0.29) is 17.6 Å². The van der Waals surface area contributed by atoms with Crippen LogP contribution in [0.3, 0.4) is 0 Å². The van der Waals surface area contributed by atoms with E-state index in [9.17, 15) is 9.59 Å². The molecule has 0 spiro atoms. The van der Waals surface area contributed by atoms with Crippen LogP contribution in [0.4, 0.5) is 11.4 Å². The molecule has 0 saturated heterocycles. The molecule has 1 aromatic heterocycles. The van der Waals surface area contributed by atoms with Gasteiger partial charge in [0.05, 0.1) is 29.8 Å². The highest BCUT2D eigenvalue weighted by molar-refractivity contribution is 7.99. The van der Waals surface area contributed by atoms with Crippen molar-refractivity contribution in [2.45, 2.75) is 19.0 Å². The molecule has 0 aliphatic rings. The molecule has 9 nitrogen and oxygen atoms in total. The van der Waals surface area contributed by atoms with E-state index < -0.39 is 0 Å². The van der Waals surface area contributed by atoms with Crippen LogP contribution in [-0.4, -0.2) is 44.9 Å². The maximum Gasteiger partial charge on any atom is 0.257 e. The molecule has 0 bridgehead atoms. The Bertz CT molecular complexity index is 1350. The molecule has 35 heavy (non-hydrogen) atoms. The molecule has 178 valence electrons. The normalized spacial score (nSPS) is 10.6. The number of hydrogen-bond acceptors (Lipinski definition) is 7. The summed E-state index contributed by atoms with van der Waals surface area (Å²) < 4.78 is 6.75. The molecular weight excluding hydrogens is 464 g/mol. The lowest BCUT2D eigenvalue weighted by Crippen LogP contribution is -2.19. The molecule has 4 aromatic rings. The van der Waals surface area contributed by atoms with Crippen LogP contribution in [0, 0.1) is 13.8 Å². The molecule has 0 unspecified atom stereocenters. The topological polar surface area (TPSA) is 111 Å². The van der Waals surface area contributed by atoms with Gasteiger partial charge in [0.15, 0.2) is 0 Å². The highest BCUT2D eigenvalue weighted by atomic mass is 32.2. The number of anilines is 2. The van der Waals surface area contributed by atoms with Crippen LogP contribution in [-0.2, 0) is 4.79 Å². The Morgan fingerprint density at radius 2 is 1.77 bits per heavy atom. The van der Waals surface area contributed by atoms with E-state index in [1.165, 1.54) is 11.8 Å². The Morgan fingerprint density at radius 1 is 1.00 bits per heavy atom. The van der Waals surface area contributed by atoms with Gasteiger partial charge in [-0.3, -0.25) is 9.59 Å². The van der Waals surface area contributed by atoms with Gasteiger partial charge < -0.3 is 15.4 Å². The third kappa shape index (κ3) is 5.85. The lowest BCUT2D eigenvalue weighted by Gasteiger charge is -2.12. The molecule has 2 amide bonds. The van der Waals surface area contributed by atoms with Gasteiger partial charge in [0.25, 0.3) is 5.91 Å². The molecule has 0 aliphatic heterocycles. The van der Waals surface area contributed by atoms with Gasteiger partial charge in [-0.15, -0.1) is 5.10 Å². The zero-order chi connectivity index (χ0) is 24.8. The van der Waals surface area contributed by atoms with Crippen molar-refractivity contribution >= 4 is 35.0 Å². The zero-order valence-electron chi connectivity index (χ0n) is 19.5.